The summed E-state index contributed by atoms with van der Waals surface area (Å²) in [4.78, 5) is 4.61. The van der Waals surface area contributed by atoms with Crippen LogP contribution in [-0.2, 0) is 0 Å². The SMILES string of the molecule is CC(Cl)c1nc2c(Cl)cccc2n1-c1ccc(I)cc1. The van der Waals surface area contributed by atoms with E-state index in [2.05, 4.69) is 56.4 Å². The van der Waals surface area contributed by atoms with Crippen LogP contribution in [0.3, 0.4) is 0 Å². The summed E-state index contributed by atoms with van der Waals surface area (Å²) < 4.78 is 3.25. The molecule has 1 aromatic heterocycles. The monoisotopic (exact) mass is 416 g/mol. The van der Waals surface area contributed by atoms with Crippen LogP contribution in [0.5, 0.6) is 0 Å². The Labute approximate surface area is 140 Å². The van der Waals surface area contributed by atoms with E-state index in [1.54, 1.807) is 0 Å². The van der Waals surface area contributed by atoms with Gasteiger partial charge in [-0.2, -0.15) is 0 Å². The molecule has 0 saturated carbocycles. The fourth-order valence-corrected chi connectivity index (χ4v) is 2.93. The minimum absolute atomic E-state index is 0.197. The number of fused-ring (bicyclic) bond motifs is 1. The van der Waals surface area contributed by atoms with E-state index >= 15 is 0 Å². The summed E-state index contributed by atoms with van der Waals surface area (Å²) in [6, 6.07) is 14.0. The molecule has 0 aliphatic rings. The molecular weight excluding hydrogens is 406 g/mol. The van der Waals surface area contributed by atoms with E-state index in [1.165, 1.54) is 3.57 Å². The molecule has 2 nitrogen and oxygen atoms in total. The molecule has 0 radical (unpaired) electrons. The van der Waals surface area contributed by atoms with Gasteiger partial charge in [0.25, 0.3) is 0 Å². The second-order valence-electron chi connectivity index (χ2n) is 4.51. The molecule has 0 aliphatic heterocycles. The van der Waals surface area contributed by atoms with Crippen LogP contribution >= 0.6 is 45.8 Å². The van der Waals surface area contributed by atoms with Gasteiger partial charge in [-0.25, -0.2) is 4.98 Å². The molecule has 5 heteroatoms. The van der Waals surface area contributed by atoms with E-state index in [9.17, 15) is 0 Å². The van der Waals surface area contributed by atoms with Crippen LogP contribution in [0.1, 0.15) is 18.1 Å². The van der Waals surface area contributed by atoms with E-state index in [4.69, 9.17) is 23.2 Å². The highest BCUT2D eigenvalue weighted by Crippen LogP contribution is 2.31. The van der Waals surface area contributed by atoms with Crippen LogP contribution in [0, 0.1) is 3.57 Å². The van der Waals surface area contributed by atoms with Gasteiger partial charge in [0.1, 0.15) is 11.3 Å². The third kappa shape index (κ3) is 2.43. The zero-order valence-corrected chi connectivity index (χ0v) is 14.3. The second-order valence-corrected chi connectivity index (χ2v) is 6.81. The van der Waals surface area contributed by atoms with Crippen molar-refractivity contribution < 1.29 is 0 Å². The fourth-order valence-electron chi connectivity index (χ4n) is 2.21. The molecule has 0 spiro atoms. The third-order valence-corrected chi connectivity index (χ3v) is 4.32. The van der Waals surface area contributed by atoms with E-state index in [0.717, 1.165) is 22.5 Å². The minimum atomic E-state index is -0.197. The number of halogens is 3. The highest BCUT2D eigenvalue weighted by Gasteiger charge is 2.17. The fraction of sp³-hybridized carbons (Fsp3) is 0.133. The van der Waals surface area contributed by atoms with Crippen molar-refractivity contribution in [1.82, 2.24) is 9.55 Å². The lowest BCUT2D eigenvalue weighted by molar-refractivity contribution is 0.882. The maximum atomic E-state index is 6.29. The predicted molar refractivity (Wildman–Crippen MR) is 93.1 cm³/mol. The van der Waals surface area contributed by atoms with E-state index in [1.807, 2.05) is 25.1 Å². The number of rotatable bonds is 2. The van der Waals surface area contributed by atoms with Crippen molar-refractivity contribution in [2.75, 3.05) is 0 Å². The van der Waals surface area contributed by atoms with E-state index in [-0.39, 0.29) is 5.38 Å². The summed E-state index contributed by atoms with van der Waals surface area (Å²) in [5, 5.41) is 0.447. The average molecular weight is 417 g/mol. The molecule has 0 aliphatic carbocycles. The van der Waals surface area contributed by atoms with Crippen LogP contribution in [0.2, 0.25) is 5.02 Å². The van der Waals surface area contributed by atoms with Crippen molar-refractivity contribution in [1.29, 1.82) is 0 Å². The summed E-state index contributed by atoms with van der Waals surface area (Å²) >= 11 is 14.8. The van der Waals surface area contributed by atoms with Crippen molar-refractivity contribution in [3.8, 4) is 5.69 Å². The lowest BCUT2D eigenvalue weighted by Crippen LogP contribution is -2.01. The van der Waals surface area contributed by atoms with Crippen molar-refractivity contribution in [3.05, 3.63) is 56.9 Å². The van der Waals surface area contributed by atoms with Gasteiger partial charge >= 0.3 is 0 Å². The number of aromatic nitrogens is 2. The highest BCUT2D eigenvalue weighted by atomic mass is 127. The molecular formula is C15H11Cl2IN2. The van der Waals surface area contributed by atoms with E-state index < -0.39 is 0 Å². The summed E-state index contributed by atoms with van der Waals surface area (Å²) in [6.45, 7) is 1.92. The first-order valence-corrected chi connectivity index (χ1v) is 8.04. The molecule has 0 N–H and O–H groups in total. The van der Waals surface area contributed by atoms with Crippen LogP contribution in [0.25, 0.3) is 16.7 Å². The van der Waals surface area contributed by atoms with Gasteiger partial charge in [-0.1, -0.05) is 17.7 Å². The van der Waals surface area contributed by atoms with Crippen molar-refractivity contribution >= 4 is 56.8 Å². The van der Waals surface area contributed by atoms with Gasteiger partial charge < -0.3 is 0 Å². The standard InChI is InChI=1S/C15H11Cl2IN2/c1-9(16)15-19-14-12(17)3-2-4-13(14)20(15)11-7-5-10(18)6-8-11/h2-9H,1H3. The maximum absolute atomic E-state index is 6.29. The zero-order chi connectivity index (χ0) is 14.3. The largest absolute Gasteiger partial charge is 0.295 e. The second kappa shape index (κ2) is 5.54. The number of benzene rings is 2. The first-order valence-electron chi connectivity index (χ1n) is 6.15. The summed E-state index contributed by atoms with van der Waals surface area (Å²) in [5.41, 5.74) is 2.80. The Balaban J connectivity index is 2.35. The Morgan fingerprint density at radius 2 is 1.85 bits per heavy atom. The van der Waals surface area contributed by atoms with Gasteiger partial charge in [0.2, 0.25) is 0 Å². The highest BCUT2D eigenvalue weighted by molar-refractivity contribution is 14.1. The van der Waals surface area contributed by atoms with E-state index in [0.29, 0.717) is 5.02 Å². The zero-order valence-electron chi connectivity index (χ0n) is 10.6. The van der Waals surface area contributed by atoms with Crippen LogP contribution in [0.4, 0.5) is 0 Å². The average Bonchev–Trinajstić information content (AvgIpc) is 2.81. The third-order valence-electron chi connectivity index (χ3n) is 3.10. The molecule has 0 saturated heterocycles. The van der Waals surface area contributed by atoms with Crippen molar-refractivity contribution in [3.63, 3.8) is 0 Å². The molecule has 1 atom stereocenters. The summed E-state index contributed by atoms with van der Waals surface area (Å²) in [7, 11) is 0. The number of imidazole rings is 1. The molecule has 3 aromatic rings. The van der Waals surface area contributed by atoms with Gasteiger partial charge in [-0.15, -0.1) is 11.6 Å². The number of hydrogen-bond acceptors (Lipinski definition) is 1. The Kier molecular flexibility index (Phi) is 3.93. The smallest absolute Gasteiger partial charge is 0.132 e. The van der Waals surface area contributed by atoms with Crippen LogP contribution in [0.15, 0.2) is 42.5 Å². The molecule has 102 valence electrons. The minimum Gasteiger partial charge on any atom is -0.295 e. The van der Waals surface area contributed by atoms with Gasteiger partial charge in [-0.3, -0.25) is 4.57 Å². The number of nitrogens with zero attached hydrogens (tertiary/aromatic N) is 2. The van der Waals surface area contributed by atoms with Gasteiger partial charge in [0.15, 0.2) is 0 Å². The predicted octanol–water partition coefficient (Wildman–Crippen LogP) is 5.58. The molecule has 0 amide bonds. The summed E-state index contributed by atoms with van der Waals surface area (Å²) in [6.07, 6.45) is 0. The van der Waals surface area contributed by atoms with Crippen LogP contribution in [-0.4, -0.2) is 9.55 Å². The molecule has 0 bridgehead atoms. The van der Waals surface area contributed by atoms with Crippen molar-refractivity contribution in [2.24, 2.45) is 0 Å². The topological polar surface area (TPSA) is 17.8 Å². The first kappa shape index (κ1) is 14.2. The Bertz CT molecular complexity index is 763. The quantitative estimate of drug-likeness (QED) is 0.393. The molecule has 20 heavy (non-hydrogen) atoms. The first-order chi connectivity index (χ1) is 9.58. The molecule has 0 fully saturated rings. The lowest BCUT2D eigenvalue weighted by Gasteiger charge is -2.10. The normalized spacial score (nSPS) is 12.8. The van der Waals surface area contributed by atoms with Gasteiger partial charge in [0.05, 0.1) is 15.9 Å². The number of para-hydroxylation sites is 1. The molecule has 1 unspecified atom stereocenters. The Morgan fingerprint density at radius 3 is 2.50 bits per heavy atom. The molecule has 2 aromatic carbocycles. The maximum Gasteiger partial charge on any atom is 0.132 e. The van der Waals surface area contributed by atoms with Crippen LogP contribution < -0.4 is 0 Å². The number of hydrogen-bond donors (Lipinski definition) is 0. The van der Waals surface area contributed by atoms with Gasteiger partial charge in [-0.05, 0) is 65.9 Å². The summed E-state index contributed by atoms with van der Waals surface area (Å²) in [5.74, 6) is 0.802. The van der Waals surface area contributed by atoms with Gasteiger partial charge in [0, 0.05) is 9.26 Å². The Hall–Kier alpha value is -0.780. The number of alkyl halides is 1. The lowest BCUT2D eigenvalue weighted by atomic mass is 10.2. The van der Waals surface area contributed by atoms with Crippen molar-refractivity contribution in [2.45, 2.75) is 12.3 Å². The molecule has 3 rings (SSSR count). The Morgan fingerprint density at radius 1 is 1.15 bits per heavy atom. The molecule has 1 heterocycles.